The van der Waals surface area contributed by atoms with E-state index in [-0.39, 0.29) is 11.6 Å². The molecule has 166 valence electrons. The van der Waals surface area contributed by atoms with Crippen LogP contribution in [-0.4, -0.2) is 20.8 Å². The number of carbonyl (C=O) groups excluding carboxylic acids is 1. The number of benzene rings is 2. The smallest absolute Gasteiger partial charge is 0.280 e. The van der Waals surface area contributed by atoms with Crippen molar-refractivity contribution in [3.8, 4) is 22.8 Å². The summed E-state index contributed by atoms with van der Waals surface area (Å²) in [6.07, 6.45) is 4.46. The molecule has 0 unspecified atom stereocenters. The Labute approximate surface area is 192 Å². The fourth-order valence-electron chi connectivity index (χ4n) is 3.36. The quantitative estimate of drug-likeness (QED) is 0.199. The number of amides is 1. The number of rotatable bonds is 6. The zero-order chi connectivity index (χ0) is 23.5. The molecule has 5 aromatic rings. The molecule has 0 aliphatic rings. The van der Waals surface area contributed by atoms with Crippen LogP contribution in [0.1, 0.15) is 5.76 Å². The topological polar surface area (TPSA) is 124 Å². The maximum absolute atomic E-state index is 12.3. The number of carbonyl (C=O) groups is 1. The number of furan rings is 1. The van der Waals surface area contributed by atoms with E-state index in [9.17, 15) is 14.9 Å². The third-order valence-corrected chi connectivity index (χ3v) is 4.96. The summed E-state index contributed by atoms with van der Waals surface area (Å²) in [6, 6.07) is 20.2. The van der Waals surface area contributed by atoms with Gasteiger partial charge in [0.1, 0.15) is 11.5 Å². The number of hydrogen-bond acceptors (Lipinski definition) is 7. The van der Waals surface area contributed by atoms with Crippen molar-refractivity contribution in [3.05, 3.63) is 101 Å². The monoisotopic (exact) mass is 452 g/mol. The molecule has 1 N–H and O–H groups in total. The standard InChI is InChI=1S/C25H16N4O5/c30-23(14-12-18-11-13-21(33-18)19-4-1-2-5-20(19)29(31)32)27-17-9-7-16(8-10-17)25-28-24-22(34-25)6-3-15-26-24/h1-15H,(H,27,30)/b14-12+. The van der Waals surface area contributed by atoms with Crippen LogP contribution >= 0.6 is 0 Å². The van der Waals surface area contributed by atoms with E-state index in [1.807, 2.05) is 0 Å². The van der Waals surface area contributed by atoms with Gasteiger partial charge in [0, 0.05) is 29.6 Å². The highest BCUT2D eigenvalue weighted by molar-refractivity contribution is 6.01. The average molecular weight is 452 g/mol. The minimum absolute atomic E-state index is 0.0531. The number of aromatic nitrogens is 2. The molecular formula is C25H16N4O5. The van der Waals surface area contributed by atoms with E-state index in [0.717, 1.165) is 5.56 Å². The molecule has 0 spiro atoms. The molecule has 0 fully saturated rings. The van der Waals surface area contributed by atoms with E-state index in [2.05, 4.69) is 15.3 Å². The first-order chi connectivity index (χ1) is 16.6. The largest absolute Gasteiger partial charge is 0.456 e. The fraction of sp³-hybridized carbons (Fsp3) is 0. The Morgan fingerprint density at radius 1 is 0.971 bits per heavy atom. The van der Waals surface area contributed by atoms with Crippen molar-refractivity contribution in [2.45, 2.75) is 0 Å². The number of para-hydroxylation sites is 1. The molecule has 2 aromatic carbocycles. The van der Waals surface area contributed by atoms with Gasteiger partial charge in [-0.3, -0.25) is 14.9 Å². The van der Waals surface area contributed by atoms with Crippen LogP contribution in [0, 0.1) is 10.1 Å². The number of oxazole rings is 1. The van der Waals surface area contributed by atoms with Gasteiger partial charge < -0.3 is 14.2 Å². The highest BCUT2D eigenvalue weighted by atomic mass is 16.6. The van der Waals surface area contributed by atoms with Crippen LogP contribution in [0.3, 0.4) is 0 Å². The first kappa shape index (κ1) is 20.8. The average Bonchev–Trinajstić information content (AvgIpc) is 3.50. The number of anilines is 1. The maximum atomic E-state index is 12.3. The second-order valence-corrected chi connectivity index (χ2v) is 7.22. The Balaban J connectivity index is 1.25. The molecule has 0 aliphatic heterocycles. The Morgan fingerprint density at radius 2 is 1.79 bits per heavy atom. The van der Waals surface area contributed by atoms with Crippen molar-refractivity contribution in [2.75, 3.05) is 5.32 Å². The molecule has 9 heteroatoms. The molecule has 34 heavy (non-hydrogen) atoms. The third kappa shape index (κ3) is 4.30. The molecule has 3 aromatic heterocycles. The summed E-state index contributed by atoms with van der Waals surface area (Å²) in [5.74, 6) is 0.821. The predicted octanol–water partition coefficient (Wildman–Crippen LogP) is 5.71. The number of hydrogen-bond donors (Lipinski definition) is 1. The van der Waals surface area contributed by atoms with Crippen molar-refractivity contribution in [3.63, 3.8) is 0 Å². The molecule has 5 rings (SSSR count). The Morgan fingerprint density at radius 3 is 2.59 bits per heavy atom. The van der Waals surface area contributed by atoms with Gasteiger partial charge in [-0.15, -0.1) is 0 Å². The van der Waals surface area contributed by atoms with Gasteiger partial charge >= 0.3 is 0 Å². The van der Waals surface area contributed by atoms with E-state index >= 15 is 0 Å². The van der Waals surface area contributed by atoms with E-state index in [4.69, 9.17) is 8.83 Å². The minimum Gasteiger partial charge on any atom is -0.456 e. The summed E-state index contributed by atoms with van der Waals surface area (Å²) in [6.45, 7) is 0. The van der Waals surface area contributed by atoms with Gasteiger partial charge in [-0.25, -0.2) is 4.98 Å². The van der Waals surface area contributed by atoms with Crippen LogP contribution < -0.4 is 5.32 Å². The number of fused-ring (bicyclic) bond motifs is 1. The Hall–Kier alpha value is -5.05. The maximum Gasteiger partial charge on any atom is 0.280 e. The highest BCUT2D eigenvalue weighted by Gasteiger charge is 2.16. The lowest BCUT2D eigenvalue weighted by atomic mass is 10.1. The van der Waals surface area contributed by atoms with Gasteiger partial charge in [-0.1, -0.05) is 12.1 Å². The normalized spacial score (nSPS) is 11.2. The summed E-state index contributed by atoms with van der Waals surface area (Å²) in [5, 5.41) is 14.0. The van der Waals surface area contributed by atoms with E-state index in [1.165, 1.54) is 18.2 Å². The number of nitro groups is 1. The van der Waals surface area contributed by atoms with Crippen LogP contribution in [0.5, 0.6) is 0 Å². The zero-order valence-corrected chi connectivity index (χ0v) is 17.5. The van der Waals surface area contributed by atoms with Gasteiger partial charge in [-0.2, -0.15) is 4.98 Å². The molecule has 0 radical (unpaired) electrons. The van der Waals surface area contributed by atoms with Gasteiger partial charge in [-0.05, 0) is 60.7 Å². The Kier molecular flexibility index (Phi) is 5.41. The van der Waals surface area contributed by atoms with Crippen molar-refractivity contribution in [2.24, 2.45) is 0 Å². The van der Waals surface area contributed by atoms with Gasteiger partial charge in [0.05, 0.1) is 10.5 Å². The zero-order valence-electron chi connectivity index (χ0n) is 17.5. The van der Waals surface area contributed by atoms with E-state index in [1.54, 1.807) is 72.9 Å². The van der Waals surface area contributed by atoms with Crippen LogP contribution in [0.25, 0.3) is 40.1 Å². The van der Waals surface area contributed by atoms with Crippen molar-refractivity contribution in [1.82, 2.24) is 9.97 Å². The molecule has 9 nitrogen and oxygen atoms in total. The molecule has 0 saturated carbocycles. The fourth-order valence-corrected chi connectivity index (χ4v) is 3.36. The summed E-state index contributed by atoms with van der Waals surface area (Å²) >= 11 is 0. The van der Waals surface area contributed by atoms with Gasteiger partial charge in [0.2, 0.25) is 11.8 Å². The van der Waals surface area contributed by atoms with Crippen molar-refractivity contribution >= 4 is 34.6 Å². The van der Waals surface area contributed by atoms with Crippen LogP contribution in [0.15, 0.2) is 93.9 Å². The Bertz CT molecular complexity index is 1500. The number of pyridine rings is 1. The molecule has 0 saturated heterocycles. The predicted molar refractivity (Wildman–Crippen MR) is 126 cm³/mol. The second kappa shape index (κ2) is 8.83. The lowest BCUT2D eigenvalue weighted by Gasteiger charge is -2.02. The molecule has 0 bridgehead atoms. The molecular weight excluding hydrogens is 436 g/mol. The van der Waals surface area contributed by atoms with Gasteiger partial charge in [0.15, 0.2) is 11.2 Å². The number of nitro benzene ring substituents is 1. The summed E-state index contributed by atoms with van der Waals surface area (Å²) < 4.78 is 11.4. The SMILES string of the molecule is O=C(/C=C/c1ccc(-c2ccccc2[N+](=O)[O-])o1)Nc1ccc(-c2nc3ncccc3o2)cc1. The molecule has 1 amide bonds. The van der Waals surface area contributed by atoms with Crippen molar-refractivity contribution in [1.29, 1.82) is 0 Å². The summed E-state index contributed by atoms with van der Waals surface area (Å²) in [4.78, 5) is 31.6. The van der Waals surface area contributed by atoms with Crippen molar-refractivity contribution < 1.29 is 18.6 Å². The minimum atomic E-state index is -0.465. The number of nitrogens with one attached hydrogen (secondary N) is 1. The highest BCUT2D eigenvalue weighted by Crippen LogP contribution is 2.31. The van der Waals surface area contributed by atoms with E-state index in [0.29, 0.717) is 39.9 Å². The number of nitrogens with zero attached hydrogens (tertiary/aromatic N) is 3. The second-order valence-electron chi connectivity index (χ2n) is 7.22. The molecule has 0 aliphatic carbocycles. The lowest BCUT2D eigenvalue weighted by Crippen LogP contribution is -2.07. The van der Waals surface area contributed by atoms with Gasteiger partial charge in [0.25, 0.3) is 5.69 Å². The summed E-state index contributed by atoms with van der Waals surface area (Å²) in [5.41, 5.74) is 2.79. The third-order valence-electron chi connectivity index (χ3n) is 4.96. The van der Waals surface area contributed by atoms with Crippen LogP contribution in [0.2, 0.25) is 0 Å². The van der Waals surface area contributed by atoms with E-state index < -0.39 is 4.92 Å². The first-order valence-electron chi connectivity index (χ1n) is 10.2. The molecule has 0 atom stereocenters. The first-order valence-corrected chi connectivity index (χ1v) is 10.2. The molecule has 3 heterocycles. The summed E-state index contributed by atoms with van der Waals surface area (Å²) in [7, 11) is 0. The van der Waals surface area contributed by atoms with Crippen LogP contribution in [0.4, 0.5) is 11.4 Å². The lowest BCUT2D eigenvalue weighted by molar-refractivity contribution is -0.384. The van der Waals surface area contributed by atoms with Crippen LogP contribution in [-0.2, 0) is 4.79 Å².